The smallest absolute Gasteiger partial charge is 0.103 e. The molecular formula is C9H11ClO2S. The van der Waals surface area contributed by atoms with Crippen molar-refractivity contribution in [2.75, 3.05) is 13.2 Å². The number of ether oxygens (including phenoxy) is 1. The zero-order chi connectivity index (χ0) is 9.31. The van der Waals surface area contributed by atoms with Crippen molar-refractivity contribution in [1.29, 1.82) is 0 Å². The Morgan fingerprint density at radius 1 is 1.38 bits per heavy atom. The van der Waals surface area contributed by atoms with Crippen LogP contribution in [-0.4, -0.2) is 18.3 Å². The SMILES string of the molecule is OC1(c2ccc(Cl)s2)CCOCC1. The molecule has 1 N–H and O–H groups in total. The monoisotopic (exact) mass is 218 g/mol. The van der Waals surface area contributed by atoms with Gasteiger partial charge >= 0.3 is 0 Å². The molecule has 2 heterocycles. The van der Waals surface area contributed by atoms with Crippen molar-refractivity contribution in [3.8, 4) is 0 Å². The van der Waals surface area contributed by atoms with E-state index in [1.807, 2.05) is 12.1 Å². The Morgan fingerprint density at radius 3 is 2.62 bits per heavy atom. The minimum Gasteiger partial charge on any atom is -0.384 e. The second-order valence-electron chi connectivity index (χ2n) is 3.25. The van der Waals surface area contributed by atoms with E-state index in [1.54, 1.807) is 0 Å². The first-order valence-electron chi connectivity index (χ1n) is 4.27. The fourth-order valence-electron chi connectivity index (χ4n) is 1.52. The Kier molecular flexibility index (Phi) is 2.60. The number of thiophene rings is 1. The molecule has 1 aliphatic heterocycles. The molecule has 13 heavy (non-hydrogen) atoms. The minimum atomic E-state index is -0.698. The van der Waals surface area contributed by atoms with Crippen molar-refractivity contribution >= 4 is 22.9 Å². The van der Waals surface area contributed by atoms with Gasteiger partial charge in [-0.05, 0) is 12.1 Å². The summed E-state index contributed by atoms with van der Waals surface area (Å²) in [6, 6.07) is 3.73. The van der Waals surface area contributed by atoms with Crippen molar-refractivity contribution in [2.24, 2.45) is 0 Å². The van der Waals surface area contributed by atoms with E-state index in [1.165, 1.54) is 11.3 Å². The van der Waals surface area contributed by atoms with Crippen molar-refractivity contribution in [3.05, 3.63) is 21.3 Å². The van der Waals surface area contributed by atoms with Crippen LogP contribution in [0.2, 0.25) is 4.34 Å². The average molecular weight is 219 g/mol. The molecule has 2 nitrogen and oxygen atoms in total. The summed E-state index contributed by atoms with van der Waals surface area (Å²) >= 11 is 7.27. The Hall–Kier alpha value is -0.0900. The third kappa shape index (κ3) is 1.89. The van der Waals surface area contributed by atoms with Gasteiger partial charge in [0.05, 0.1) is 4.34 Å². The molecule has 0 atom stereocenters. The van der Waals surface area contributed by atoms with E-state index < -0.39 is 5.60 Å². The van der Waals surface area contributed by atoms with Gasteiger partial charge in [-0.15, -0.1) is 11.3 Å². The van der Waals surface area contributed by atoms with Crippen molar-refractivity contribution < 1.29 is 9.84 Å². The number of hydrogen-bond acceptors (Lipinski definition) is 3. The van der Waals surface area contributed by atoms with E-state index in [2.05, 4.69) is 0 Å². The lowest BCUT2D eigenvalue weighted by Gasteiger charge is -2.30. The summed E-state index contributed by atoms with van der Waals surface area (Å²) in [6.07, 6.45) is 1.34. The van der Waals surface area contributed by atoms with E-state index in [0.717, 1.165) is 9.21 Å². The van der Waals surface area contributed by atoms with Crippen LogP contribution in [0.15, 0.2) is 12.1 Å². The summed E-state index contributed by atoms with van der Waals surface area (Å²) in [5.74, 6) is 0. The first-order valence-corrected chi connectivity index (χ1v) is 5.46. The first kappa shape index (κ1) is 9.46. The predicted octanol–water partition coefficient (Wildman–Crippen LogP) is 2.40. The van der Waals surface area contributed by atoms with Gasteiger partial charge in [0.2, 0.25) is 0 Å². The van der Waals surface area contributed by atoms with Gasteiger partial charge in [0.1, 0.15) is 5.60 Å². The van der Waals surface area contributed by atoms with Gasteiger partial charge in [-0.2, -0.15) is 0 Å². The number of aliphatic hydroxyl groups is 1. The molecule has 4 heteroatoms. The molecule has 1 aromatic rings. The third-order valence-corrected chi connectivity index (χ3v) is 3.78. The summed E-state index contributed by atoms with van der Waals surface area (Å²) in [4.78, 5) is 0.959. The van der Waals surface area contributed by atoms with Crippen molar-refractivity contribution in [1.82, 2.24) is 0 Å². The quantitative estimate of drug-likeness (QED) is 0.785. The molecule has 2 rings (SSSR count). The van der Waals surface area contributed by atoms with E-state index in [0.29, 0.717) is 26.1 Å². The molecule has 0 aliphatic carbocycles. The molecule has 0 aromatic carbocycles. The lowest BCUT2D eigenvalue weighted by atomic mass is 9.93. The number of hydrogen-bond donors (Lipinski definition) is 1. The van der Waals surface area contributed by atoms with Crippen LogP contribution in [0.4, 0.5) is 0 Å². The highest BCUT2D eigenvalue weighted by atomic mass is 35.5. The largest absolute Gasteiger partial charge is 0.384 e. The van der Waals surface area contributed by atoms with Crippen LogP contribution < -0.4 is 0 Å². The molecule has 0 bridgehead atoms. The molecule has 0 radical (unpaired) electrons. The Balaban J connectivity index is 2.22. The summed E-state index contributed by atoms with van der Waals surface area (Å²) in [6.45, 7) is 1.26. The summed E-state index contributed by atoms with van der Waals surface area (Å²) < 4.78 is 5.94. The minimum absolute atomic E-state index is 0.631. The summed E-state index contributed by atoms with van der Waals surface area (Å²) in [7, 11) is 0. The van der Waals surface area contributed by atoms with Gasteiger partial charge < -0.3 is 9.84 Å². The third-order valence-electron chi connectivity index (χ3n) is 2.35. The maximum atomic E-state index is 10.2. The molecular weight excluding hydrogens is 208 g/mol. The van der Waals surface area contributed by atoms with Crippen LogP contribution >= 0.6 is 22.9 Å². The molecule has 1 aromatic heterocycles. The molecule has 72 valence electrons. The topological polar surface area (TPSA) is 29.5 Å². The lowest BCUT2D eigenvalue weighted by Crippen LogP contribution is -2.32. The van der Waals surface area contributed by atoms with E-state index in [-0.39, 0.29) is 0 Å². The lowest BCUT2D eigenvalue weighted by molar-refractivity contribution is -0.0656. The summed E-state index contributed by atoms with van der Waals surface area (Å²) in [5, 5.41) is 10.2. The molecule has 1 saturated heterocycles. The Bertz CT molecular complexity index is 292. The second kappa shape index (κ2) is 3.58. The Morgan fingerprint density at radius 2 is 2.08 bits per heavy atom. The first-order chi connectivity index (χ1) is 6.21. The fraction of sp³-hybridized carbons (Fsp3) is 0.556. The van der Waals surface area contributed by atoms with Crippen molar-refractivity contribution in [2.45, 2.75) is 18.4 Å². The van der Waals surface area contributed by atoms with Crippen LogP contribution in [0.3, 0.4) is 0 Å². The van der Waals surface area contributed by atoms with Crippen LogP contribution in [0.5, 0.6) is 0 Å². The second-order valence-corrected chi connectivity index (χ2v) is 4.96. The van der Waals surface area contributed by atoms with Gasteiger partial charge in [0.25, 0.3) is 0 Å². The zero-order valence-corrected chi connectivity index (χ0v) is 8.70. The van der Waals surface area contributed by atoms with Gasteiger partial charge in [-0.25, -0.2) is 0 Å². The molecule has 1 aliphatic rings. The highest BCUT2D eigenvalue weighted by molar-refractivity contribution is 7.16. The fourth-order valence-corrected chi connectivity index (χ4v) is 2.71. The maximum absolute atomic E-state index is 10.2. The molecule has 0 amide bonds. The molecule has 0 unspecified atom stereocenters. The number of rotatable bonds is 1. The average Bonchev–Trinajstić information content (AvgIpc) is 2.54. The Labute approximate surface area is 86.1 Å². The van der Waals surface area contributed by atoms with E-state index in [9.17, 15) is 5.11 Å². The van der Waals surface area contributed by atoms with Gasteiger partial charge in [0.15, 0.2) is 0 Å². The molecule has 1 fully saturated rings. The van der Waals surface area contributed by atoms with E-state index in [4.69, 9.17) is 16.3 Å². The number of halogens is 1. The van der Waals surface area contributed by atoms with Gasteiger partial charge in [-0.3, -0.25) is 0 Å². The van der Waals surface area contributed by atoms with Crippen LogP contribution in [0.1, 0.15) is 17.7 Å². The van der Waals surface area contributed by atoms with E-state index >= 15 is 0 Å². The maximum Gasteiger partial charge on any atom is 0.103 e. The normalized spacial score (nSPS) is 21.7. The predicted molar refractivity (Wildman–Crippen MR) is 53.3 cm³/mol. The molecule has 0 saturated carbocycles. The van der Waals surface area contributed by atoms with Gasteiger partial charge in [0, 0.05) is 30.9 Å². The molecule has 0 spiro atoms. The van der Waals surface area contributed by atoms with Crippen LogP contribution in [-0.2, 0) is 10.3 Å². The standard InChI is InChI=1S/C9H11ClO2S/c10-8-2-1-7(13-8)9(11)3-5-12-6-4-9/h1-2,11H,3-6H2. The van der Waals surface area contributed by atoms with Crippen LogP contribution in [0, 0.1) is 0 Å². The zero-order valence-electron chi connectivity index (χ0n) is 7.12. The highest BCUT2D eigenvalue weighted by Crippen LogP contribution is 2.37. The van der Waals surface area contributed by atoms with Crippen molar-refractivity contribution in [3.63, 3.8) is 0 Å². The van der Waals surface area contributed by atoms with Crippen LogP contribution in [0.25, 0.3) is 0 Å². The summed E-state index contributed by atoms with van der Waals surface area (Å²) in [5.41, 5.74) is -0.698. The highest BCUT2D eigenvalue weighted by Gasteiger charge is 2.32. The van der Waals surface area contributed by atoms with Gasteiger partial charge in [-0.1, -0.05) is 11.6 Å².